The molecule has 0 radical (unpaired) electrons. The lowest BCUT2D eigenvalue weighted by Crippen LogP contribution is -2.46. The zero-order chi connectivity index (χ0) is 20.3. The van der Waals surface area contributed by atoms with E-state index in [4.69, 9.17) is 4.42 Å². The molecule has 3 heterocycles. The van der Waals surface area contributed by atoms with Crippen molar-refractivity contribution >= 4 is 27.3 Å². The molecule has 0 bridgehead atoms. The van der Waals surface area contributed by atoms with Gasteiger partial charge in [-0.2, -0.15) is 4.68 Å². The minimum absolute atomic E-state index is 0.116. The number of piperidine rings is 1. The van der Waals surface area contributed by atoms with Gasteiger partial charge in [0.05, 0.1) is 17.7 Å². The van der Waals surface area contributed by atoms with Crippen LogP contribution >= 0.6 is 11.3 Å². The first-order chi connectivity index (χ1) is 13.3. The normalized spacial score (nSPS) is 17.5. The molecule has 154 valence electrons. The van der Waals surface area contributed by atoms with E-state index >= 15 is 0 Å². The van der Waals surface area contributed by atoms with Gasteiger partial charge in [-0.1, -0.05) is 13.0 Å². The zero-order valence-electron chi connectivity index (χ0n) is 15.8. The fourth-order valence-corrected chi connectivity index (χ4v) is 4.69. The number of carbonyl (C=O) groups is 1. The van der Waals surface area contributed by atoms with Gasteiger partial charge in [0.1, 0.15) is 0 Å². The van der Waals surface area contributed by atoms with Crippen molar-refractivity contribution in [2.45, 2.75) is 38.8 Å². The predicted octanol–water partition coefficient (Wildman–Crippen LogP) is 1.13. The third kappa shape index (κ3) is 4.89. The maximum Gasteiger partial charge on any atom is 0.437 e. The van der Waals surface area contributed by atoms with Gasteiger partial charge >= 0.3 is 5.76 Å². The van der Waals surface area contributed by atoms with Crippen molar-refractivity contribution in [2.24, 2.45) is 5.92 Å². The third-order valence-corrected chi connectivity index (χ3v) is 7.03. The lowest BCUT2D eigenvalue weighted by molar-refractivity contribution is -0.127. The summed E-state index contributed by atoms with van der Waals surface area (Å²) < 4.78 is 31.0. The molecule has 2 aromatic rings. The molecule has 3 rings (SSSR count). The van der Waals surface area contributed by atoms with E-state index in [0.717, 1.165) is 4.88 Å². The average Bonchev–Trinajstić information content (AvgIpc) is 3.30. The van der Waals surface area contributed by atoms with Crippen LogP contribution in [0.5, 0.6) is 0 Å². The Kier molecular flexibility index (Phi) is 6.36. The Morgan fingerprint density at radius 2 is 2.14 bits per heavy atom. The number of nitrogens with zero attached hydrogens (tertiary/aromatic N) is 3. The first kappa shape index (κ1) is 20.7. The molecule has 1 N–H and O–H groups in total. The fourth-order valence-electron chi connectivity index (χ4n) is 3.18. The number of sulfonamides is 1. The van der Waals surface area contributed by atoms with Gasteiger partial charge in [-0.25, -0.2) is 17.5 Å². The molecule has 0 aliphatic carbocycles. The van der Waals surface area contributed by atoms with Crippen LogP contribution in [0.4, 0.5) is 0 Å². The molecule has 0 saturated carbocycles. The monoisotopic (exact) mass is 428 g/mol. The van der Waals surface area contributed by atoms with Crippen molar-refractivity contribution < 1.29 is 17.6 Å². The summed E-state index contributed by atoms with van der Waals surface area (Å²) >= 11 is 1.43. The molecule has 2 aromatic heterocycles. The van der Waals surface area contributed by atoms with Gasteiger partial charge in [-0.05, 0) is 30.7 Å². The summed E-state index contributed by atoms with van der Waals surface area (Å²) in [4.78, 5) is 25.4. The van der Waals surface area contributed by atoms with Gasteiger partial charge in [0.25, 0.3) is 5.89 Å². The zero-order valence-corrected chi connectivity index (χ0v) is 17.5. The highest BCUT2D eigenvalue weighted by atomic mass is 32.2. The van der Waals surface area contributed by atoms with Gasteiger partial charge in [-0.3, -0.25) is 4.79 Å². The van der Waals surface area contributed by atoms with Gasteiger partial charge in [0.2, 0.25) is 15.9 Å². The summed E-state index contributed by atoms with van der Waals surface area (Å²) in [6.45, 7) is 2.84. The van der Waals surface area contributed by atoms with Gasteiger partial charge < -0.3 is 9.73 Å². The Bertz CT molecular complexity index is 956. The fraction of sp³-hybridized carbons (Fsp3) is 0.588. The number of thiophene rings is 1. The molecule has 1 atom stereocenters. The average molecular weight is 429 g/mol. The molecule has 1 amide bonds. The van der Waals surface area contributed by atoms with Gasteiger partial charge in [0, 0.05) is 25.0 Å². The second-order valence-corrected chi connectivity index (χ2v) is 9.81. The van der Waals surface area contributed by atoms with Crippen molar-refractivity contribution in [3.63, 3.8) is 0 Å². The molecule has 0 spiro atoms. The third-order valence-electron chi connectivity index (χ3n) is 4.86. The summed E-state index contributed by atoms with van der Waals surface area (Å²) in [6.07, 6.45) is 2.78. The van der Waals surface area contributed by atoms with Gasteiger partial charge in [0.15, 0.2) is 0 Å². The maximum atomic E-state index is 12.6. The van der Waals surface area contributed by atoms with Crippen LogP contribution in [0.3, 0.4) is 0 Å². The predicted molar refractivity (Wildman–Crippen MR) is 105 cm³/mol. The molecule has 1 aliphatic heterocycles. The number of aromatic nitrogens is 2. The lowest BCUT2D eigenvalue weighted by atomic mass is 9.96. The minimum atomic E-state index is -3.22. The number of rotatable bonds is 7. The second kappa shape index (κ2) is 8.58. The standard InChI is InChI=1S/C17H24N4O5S2/c1-3-13(11-21-17(23)26-16(19-21)14-5-4-10-27-14)18-15(22)12-6-8-20(9-7-12)28(2,24)25/h4-5,10,12-13H,3,6-9,11H2,1-2H3,(H,18,22)/t13-/m0/s1. The second-order valence-electron chi connectivity index (χ2n) is 6.88. The van der Waals surface area contributed by atoms with E-state index in [1.807, 2.05) is 24.4 Å². The number of amides is 1. The van der Waals surface area contributed by atoms with Crippen molar-refractivity contribution in [1.29, 1.82) is 0 Å². The molecular formula is C17H24N4O5S2. The summed E-state index contributed by atoms with van der Waals surface area (Å²) in [5, 5.41) is 9.06. The Labute approximate surface area is 167 Å². The van der Waals surface area contributed by atoms with E-state index < -0.39 is 15.8 Å². The van der Waals surface area contributed by atoms with Crippen molar-refractivity contribution in [2.75, 3.05) is 19.3 Å². The molecule has 1 fully saturated rings. The van der Waals surface area contributed by atoms with Crippen LogP contribution in [0.15, 0.2) is 26.7 Å². The largest absolute Gasteiger partial charge is 0.437 e. The number of carbonyl (C=O) groups excluding carboxylic acids is 1. The summed E-state index contributed by atoms with van der Waals surface area (Å²) in [5.74, 6) is -0.635. The first-order valence-corrected chi connectivity index (χ1v) is 11.9. The van der Waals surface area contributed by atoms with Crippen LogP contribution in [0.1, 0.15) is 26.2 Å². The minimum Gasteiger partial charge on any atom is -0.387 e. The summed E-state index contributed by atoms with van der Waals surface area (Å²) in [6, 6.07) is 3.41. The van der Waals surface area contributed by atoms with Gasteiger partial charge in [-0.15, -0.1) is 16.4 Å². The molecule has 9 nitrogen and oxygen atoms in total. The van der Waals surface area contributed by atoms with E-state index in [-0.39, 0.29) is 30.3 Å². The molecule has 11 heteroatoms. The Hall–Kier alpha value is -1.98. The van der Waals surface area contributed by atoms with Crippen LogP contribution in [-0.2, 0) is 21.4 Å². The van der Waals surface area contributed by atoms with E-state index in [1.54, 1.807) is 0 Å². The molecule has 28 heavy (non-hydrogen) atoms. The SMILES string of the molecule is CC[C@@H](Cn1nc(-c2cccs2)oc1=O)NC(=O)C1CCN(S(C)(=O)=O)CC1. The quantitative estimate of drug-likeness (QED) is 0.707. The molecule has 1 saturated heterocycles. The summed E-state index contributed by atoms with van der Waals surface area (Å²) in [7, 11) is -3.22. The van der Waals surface area contributed by atoms with E-state index in [0.29, 0.717) is 32.4 Å². The lowest BCUT2D eigenvalue weighted by Gasteiger charge is -2.30. The molecule has 0 aromatic carbocycles. The highest BCUT2D eigenvalue weighted by Gasteiger charge is 2.30. The topological polar surface area (TPSA) is 115 Å². The molecule has 1 aliphatic rings. The Morgan fingerprint density at radius 1 is 1.43 bits per heavy atom. The molecular weight excluding hydrogens is 404 g/mol. The Morgan fingerprint density at radius 3 is 2.71 bits per heavy atom. The molecule has 0 unspecified atom stereocenters. The highest BCUT2D eigenvalue weighted by molar-refractivity contribution is 7.88. The maximum absolute atomic E-state index is 12.6. The van der Waals surface area contributed by atoms with E-state index in [2.05, 4.69) is 10.4 Å². The summed E-state index contributed by atoms with van der Waals surface area (Å²) in [5.41, 5.74) is 0. The van der Waals surface area contributed by atoms with Crippen molar-refractivity contribution in [3.05, 3.63) is 28.1 Å². The Balaban J connectivity index is 1.59. The number of hydrogen-bond donors (Lipinski definition) is 1. The van der Waals surface area contributed by atoms with Crippen LogP contribution in [0.25, 0.3) is 10.8 Å². The first-order valence-electron chi connectivity index (χ1n) is 9.15. The number of hydrogen-bond acceptors (Lipinski definition) is 7. The van der Waals surface area contributed by atoms with Crippen LogP contribution < -0.4 is 11.1 Å². The van der Waals surface area contributed by atoms with E-state index in [9.17, 15) is 18.0 Å². The van der Waals surface area contributed by atoms with Crippen LogP contribution in [0, 0.1) is 5.92 Å². The van der Waals surface area contributed by atoms with E-state index in [1.165, 1.54) is 26.6 Å². The van der Waals surface area contributed by atoms with Crippen molar-refractivity contribution in [3.8, 4) is 10.8 Å². The van der Waals surface area contributed by atoms with Crippen LogP contribution in [-0.4, -0.2) is 53.8 Å². The smallest absolute Gasteiger partial charge is 0.387 e. The van der Waals surface area contributed by atoms with Crippen LogP contribution in [0.2, 0.25) is 0 Å². The number of nitrogens with one attached hydrogen (secondary N) is 1. The highest BCUT2D eigenvalue weighted by Crippen LogP contribution is 2.21. The van der Waals surface area contributed by atoms with Crippen molar-refractivity contribution in [1.82, 2.24) is 19.4 Å².